The minimum Gasteiger partial charge on any atom is -0.461 e. The fourth-order valence-electron chi connectivity index (χ4n) is 5.87. The number of carbonyl (C=O) groups excluding carboxylic acids is 4. The van der Waals surface area contributed by atoms with Crippen molar-refractivity contribution < 1.29 is 28.3 Å². The lowest BCUT2D eigenvalue weighted by Gasteiger charge is -2.39. The molecule has 3 rings (SSSR count). The summed E-state index contributed by atoms with van der Waals surface area (Å²) < 4.78 is 18.8. The number of ether oxygens (including phenoxy) is 1. The molecule has 1 aromatic rings. The third-order valence-corrected chi connectivity index (χ3v) is 7.99. The van der Waals surface area contributed by atoms with E-state index in [0.717, 1.165) is 24.8 Å². The monoisotopic (exact) mass is 543 g/mol. The molecule has 1 aliphatic heterocycles. The second-order valence-corrected chi connectivity index (χ2v) is 10.9. The number of rotatable bonds is 15. The van der Waals surface area contributed by atoms with Gasteiger partial charge < -0.3 is 20.7 Å². The van der Waals surface area contributed by atoms with Crippen molar-refractivity contribution in [1.82, 2.24) is 10.2 Å². The van der Waals surface area contributed by atoms with Gasteiger partial charge in [0.25, 0.3) is 0 Å². The van der Waals surface area contributed by atoms with Crippen molar-refractivity contribution in [2.45, 2.75) is 83.3 Å². The zero-order valence-electron chi connectivity index (χ0n) is 22.8. The zero-order valence-corrected chi connectivity index (χ0v) is 22.8. The van der Waals surface area contributed by atoms with Crippen LogP contribution in [0, 0.1) is 11.3 Å². The number of amides is 1. The Morgan fingerprint density at radius 2 is 1.85 bits per heavy atom. The fourth-order valence-corrected chi connectivity index (χ4v) is 5.87. The molecule has 214 valence electrons. The summed E-state index contributed by atoms with van der Waals surface area (Å²) in [6.45, 7) is 3.47. The number of ketones is 2. The number of alkyl halides is 1. The lowest BCUT2D eigenvalue weighted by Crippen LogP contribution is -2.50. The van der Waals surface area contributed by atoms with Crippen LogP contribution in [0.1, 0.15) is 76.2 Å². The molecule has 2 fully saturated rings. The highest BCUT2D eigenvalue weighted by Crippen LogP contribution is 2.43. The molecule has 1 saturated carbocycles. The van der Waals surface area contributed by atoms with Gasteiger partial charge in [-0.3, -0.25) is 19.2 Å². The standard InChI is InChI=1S/C30H42FN3O5/c1-22(32)33-16-8-12-24(27(36)20-31)18-26(35)25-13-9-17-34(25)29(38)30(14-6-3-7-15-30)19-28(37)39-21-23-10-4-2-5-11-23/h2,4-5,10-11,24-25,33H,1,3,6-9,12-21,32H2/t24-,25+/m1/s1. The third-order valence-electron chi connectivity index (χ3n) is 7.99. The summed E-state index contributed by atoms with van der Waals surface area (Å²) >= 11 is 0. The molecule has 1 heterocycles. The molecular formula is C30H42FN3O5. The second kappa shape index (κ2) is 14.8. The van der Waals surface area contributed by atoms with Crippen molar-refractivity contribution >= 4 is 23.4 Å². The number of halogens is 1. The van der Waals surface area contributed by atoms with Crippen LogP contribution in [0.3, 0.4) is 0 Å². The molecule has 0 spiro atoms. The Morgan fingerprint density at radius 1 is 1.13 bits per heavy atom. The topological polar surface area (TPSA) is 119 Å². The van der Waals surface area contributed by atoms with E-state index < -0.39 is 35.8 Å². The van der Waals surface area contributed by atoms with E-state index in [1.54, 1.807) is 4.90 Å². The van der Waals surface area contributed by atoms with Crippen LogP contribution in [-0.4, -0.2) is 54.1 Å². The summed E-state index contributed by atoms with van der Waals surface area (Å²) in [4.78, 5) is 54.2. The highest BCUT2D eigenvalue weighted by molar-refractivity contribution is 5.95. The van der Waals surface area contributed by atoms with Crippen LogP contribution in [0.25, 0.3) is 0 Å². The Morgan fingerprint density at radius 3 is 2.51 bits per heavy atom. The summed E-state index contributed by atoms with van der Waals surface area (Å²) in [6, 6.07) is 8.73. The molecule has 9 heteroatoms. The highest BCUT2D eigenvalue weighted by Gasteiger charge is 2.47. The zero-order chi connectivity index (χ0) is 28.3. The van der Waals surface area contributed by atoms with Crippen LogP contribution in [0.5, 0.6) is 0 Å². The van der Waals surface area contributed by atoms with Crippen molar-refractivity contribution in [2.75, 3.05) is 19.8 Å². The van der Waals surface area contributed by atoms with E-state index in [1.807, 2.05) is 30.3 Å². The summed E-state index contributed by atoms with van der Waals surface area (Å²) in [5, 5.41) is 2.87. The number of Topliss-reactive ketones (excluding diaryl/α,β-unsaturated/α-hetero) is 2. The highest BCUT2D eigenvalue weighted by atomic mass is 19.1. The van der Waals surface area contributed by atoms with E-state index >= 15 is 0 Å². The molecule has 0 bridgehead atoms. The van der Waals surface area contributed by atoms with Gasteiger partial charge in [-0.1, -0.05) is 56.2 Å². The molecule has 0 radical (unpaired) electrons. The smallest absolute Gasteiger partial charge is 0.307 e. The lowest BCUT2D eigenvalue weighted by atomic mass is 9.70. The molecule has 1 amide bonds. The Bertz CT molecular complexity index is 1010. The van der Waals surface area contributed by atoms with Gasteiger partial charge in [-0.25, -0.2) is 4.39 Å². The lowest BCUT2D eigenvalue weighted by molar-refractivity contribution is -0.158. The van der Waals surface area contributed by atoms with Crippen molar-refractivity contribution in [3.05, 3.63) is 48.3 Å². The van der Waals surface area contributed by atoms with E-state index in [0.29, 0.717) is 57.4 Å². The summed E-state index contributed by atoms with van der Waals surface area (Å²) in [5.74, 6) is -1.85. The van der Waals surface area contributed by atoms with Crippen molar-refractivity contribution in [1.29, 1.82) is 0 Å². The van der Waals surface area contributed by atoms with Gasteiger partial charge >= 0.3 is 5.97 Å². The summed E-state index contributed by atoms with van der Waals surface area (Å²) in [5.41, 5.74) is 5.48. The molecule has 1 aromatic carbocycles. The molecule has 1 aliphatic carbocycles. The van der Waals surface area contributed by atoms with Crippen LogP contribution < -0.4 is 11.1 Å². The van der Waals surface area contributed by atoms with Crippen molar-refractivity contribution in [3.63, 3.8) is 0 Å². The van der Waals surface area contributed by atoms with E-state index in [1.165, 1.54) is 0 Å². The maximum Gasteiger partial charge on any atom is 0.307 e. The predicted molar refractivity (Wildman–Crippen MR) is 146 cm³/mol. The predicted octanol–water partition coefficient (Wildman–Crippen LogP) is 3.98. The average molecular weight is 544 g/mol. The van der Waals surface area contributed by atoms with Gasteiger partial charge in [0.15, 0.2) is 11.6 Å². The van der Waals surface area contributed by atoms with Crippen LogP contribution in [-0.2, 0) is 30.5 Å². The van der Waals surface area contributed by atoms with Crippen LogP contribution in [0.15, 0.2) is 42.7 Å². The van der Waals surface area contributed by atoms with Gasteiger partial charge in [0.1, 0.15) is 13.3 Å². The molecule has 0 aromatic heterocycles. The van der Waals surface area contributed by atoms with Gasteiger partial charge in [-0.2, -0.15) is 0 Å². The number of hydrogen-bond acceptors (Lipinski definition) is 7. The first kappa shape index (κ1) is 30.3. The number of nitrogens with two attached hydrogens (primary N) is 1. The van der Waals surface area contributed by atoms with Crippen molar-refractivity contribution in [2.24, 2.45) is 17.1 Å². The number of esters is 1. The van der Waals surface area contributed by atoms with Crippen molar-refractivity contribution in [3.8, 4) is 0 Å². The molecule has 0 unspecified atom stereocenters. The van der Waals surface area contributed by atoms with Gasteiger partial charge in [-0.15, -0.1) is 0 Å². The quantitative estimate of drug-likeness (QED) is 0.254. The molecule has 39 heavy (non-hydrogen) atoms. The number of nitrogens with zero attached hydrogens (tertiary/aromatic N) is 1. The Hall–Kier alpha value is -3.23. The first-order valence-electron chi connectivity index (χ1n) is 14.1. The van der Waals surface area contributed by atoms with E-state index in [9.17, 15) is 23.6 Å². The maximum atomic E-state index is 14.0. The van der Waals surface area contributed by atoms with E-state index in [2.05, 4.69) is 11.9 Å². The SMILES string of the molecule is C=C(N)NCCC[C@H](CC(=O)[C@@H]1CCCN1C(=O)C1(CC(=O)OCc2ccccc2)CCCCC1)C(=O)CF. The largest absolute Gasteiger partial charge is 0.461 e. The van der Waals surface area contributed by atoms with E-state index in [4.69, 9.17) is 10.5 Å². The number of benzene rings is 1. The first-order valence-corrected chi connectivity index (χ1v) is 14.1. The molecule has 2 atom stereocenters. The minimum absolute atomic E-state index is 0.0154. The van der Waals surface area contributed by atoms with Gasteiger partial charge in [-0.05, 0) is 44.1 Å². The minimum atomic E-state index is -1.13. The van der Waals surface area contributed by atoms with Crippen LogP contribution in [0.4, 0.5) is 4.39 Å². The Labute approximate surface area is 230 Å². The molecule has 1 saturated heterocycles. The molecule has 2 aliphatic rings. The van der Waals surface area contributed by atoms with Crippen LogP contribution >= 0.6 is 0 Å². The maximum absolute atomic E-state index is 14.0. The first-order chi connectivity index (χ1) is 18.8. The average Bonchev–Trinajstić information content (AvgIpc) is 3.43. The summed E-state index contributed by atoms with van der Waals surface area (Å²) in [7, 11) is 0. The molecular weight excluding hydrogens is 501 g/mol. The number of nitrogens with one attached hydrogen (secondary N) is 1. The molecule has 3 N–H and O–H groups in total. The molecule has 8 nitrogen and oxygen atoms in total. The number of likely N-dealkylation sites (tertiary alicyclic amines) is 1. The third kappa shape index (κ3) is 8.63. The normalized spacial score (nSPS) is 19.2. The Kier molecular flexibility index (Phi) is 11.5. The van der Waals surface area contributed by atoms with E-state index in [-0.39, 0.29) is 31.1 Å². The Balaban J connectivity index is 1.66. The van der Waals surface area contributed by atoms with Gasteiger partial charge in [0, 0.05) is 25.4 Å². The second-order valence-electron chi connectivity index (χ2n) is 10.9. The fraction of sp³-hybridized carbons (Fsp3) is 0.600. The summed E-state index contributed by atoms with van der Waals surface area (Å²) in [6.07, 6.45) is 5.74. The van der Waals surface area contributed by atoms with Gasteiger partial charge in [0.2, 0.25) is 5.91 Å². The van der Waals surface area contributed by atoms with Crippen LogP contribution in [0.2, 0.25) is 0 Å². The number of hydrogen-bond donors (Lipinski definition) is 2. The van der Waals surface area contributed by atoms with Gasteiger partial charge in [0.05, 0.1) is 23.7 Å². The number of carbonyl (C=O) groups is 4.